The van der Waals surface area contributed by atoms with Gasteiger partial charge in [-0.2, -0.15) is 0 Å². The number of nitrogens with one attached hydrogen (secondary N) is 1. The second-order valence-corrected chi connectivity index (χ2v) is 8.10. The number of aliphatic hydroxyl groups is 1. The molecular weight excluding hydrogens is 435 g/mol. The zero-order chi connectivity index (χ0) is 24.1. The van der Waals surface area contributed by atoms with Gasteiger partial charge >= 0.3 is 0 Å². The average molecular weight is 457 g/mol. The molecule has 33 heavy (non-hydrogen) atoms. The quantitative estimate of drug-likeness (QED) is 0.425. The normalized spacial score (nSPS) is 21.2. The first kappa shape index (κ1) is 22.5. The Balaban J connectivity index is 1.68. The highest BCUT2D eigenvalue weighted by Crippen LogP contribution is 2.34. The molecule has 11 heteroatoms. The van der Waals surface area contributed by atoms with Gasteiger partial charge in [0.2, 0.25) is 11.6 Å². The molecule has 0 saturated carbocycles. The summed E-state index contributed by atoms with van der Waals surface area (Å²) in [5, 5.41) is 41.3. The van der Waals surface area contributed by atoms with Crippen molar-refractivity contribution in [3.8, 4) is 5.75 Å². The number of benzene rings is 2. The van der Waals surface area contributed by atoms with Gasteiger partial charge in [-0.15, -0.1) is 0 Å². The largest absolute Gasteiger partial charge is 0.733 e. The monoisotopic (exact) mass is 457 g/mol. The highest BCUT2D eigenvalue weighted by atomic mass is 19.1. The smallest absolute Gasteiger partial charge is 0.276 e. The van der Waals surface area contributed by atoms with Crippen LogP contribution in [0.4, 0.5) is 10.1 Å². The van der Waals surface area contributed by atoms with Crippen molar-refractivity contribution < 1.29 is 29.4 Å². The predicted molar refractivity (Wildman–Crippen MR) is 116 cm³/mol. The van der Waals surface area contributed by atoms with E-state index in [1.165, 1.54) is 38.5 Å². The van der Waals surface area contributed by atoms with Crippen LogP contribution in [-0.2, 0) is 22.4 Å². The number of hydrogen-bond acceptors (Lipinski definition) is 7. The molecule has 1 fully saturated rings. The number of aromatic amines is 1. The molecule has 0 radical (unpaired) electrons. The summed E-state index contributed by atoms with van der Waals surface area (Å²) in [4.78, 5) is 31.3. The Morgan fingerprint density at radius 2 is 1.97 bits per heavy atom. The molecule has 3 aromatic rings. The van der Waals surface area contributed by atoms with E-state index in [0.29, 0.717) is 16.6 Å². The van der Waals surface area contributed by atoms with Gasteiger partial charge < -0.3 is 35.4 Å². The van der Waals surface area contributed by atoms with Crippen molar-refractivity contribution >= 4 is 28.4 Å². The third kappa shape index (κ3) is 3.65. The van der Waals surface area contributed by atoms with Crippen LogP contribution in [-0.4, -0.2) is 67.9 Å². The maximum Gasteiger partial charge on any atom is 0.276 e. The highest BCUT2D eigenvalue weighted by molar-refractivity contribution is 6.00. The Kier molecular flexibility index (Phi) is 5.48. The lowest BCUT2D eigenvalue weighted by atomic mass is 9.92. The molecule has 10 nitrogen and oxygen atoms in total. The van der Waals surface area contributed by atoms with Crippen molar-refractivity contribution in [2.24, 2.45) is 0 Å². The lowest BCUT2D eigenvalue weighted by Gasteiger charge is -2.47. The Morgan fingerprint density at radius 1 is 1.24 bits per heavy atom. The van der Waals surface area contributed by atoms with E-state index in [2.05, 4.69) is 4.98 Å². The fraction of sp³-hybridized carbons (Fsp3) is 0.273. The number of fused-ring (bicyclic) bond motifs is 1. The van der Waals surface area contributed by atoms with Gasteiger partial charge in [-0.05, 0) is 35.4 Å². The van der Waals surface area contributed by atoms with Gasteiger partial charge in [0.05, 0.1) is 5.69 Å². The first-order chi connectivity index (χ1) is 15.5. The maximum atomic E-state index is 14.2. The van der Waals surface area contributed by atoms with Crippen molar-refractivity contribution in [1.82, 2.24) is 14.8 Å². The molecule has 2 unspecified atom stereocenters. The molecule has 0 bridgehead atoms. The van der Waals surface area contributed by atoms with E-state index >= 15 is 0 Å². The first-order valence-electron chi connectivity index (χ1n) is 10.0. The molecule has 2 heterocycles. The summed E-state index contributed by atoms with van der Waals surface area (Å²) in [6.07, 6.45) is 1.13. The number of nitrogens with zero attached hydrogens (tertiary/aromatic N) is 3. The van der Waals surface area contributed by atoms with Gasteiger partial charge in [0.25, 0.3) is 5.91 Å². The Bertz CT molecular complexity index is 1240. The van der Waals surface area contributed by atoms with Gasteiger partial charge in [0.1, 0.15) is 17.6 Å². The molecule has 1 aromatic heterocycles. The van der Waals surface area contributed by atoms with Crippen LogP contribution in [0, 0.1) is 11.0 Å². The fourth-order valence-corrected chi connectivity index (χ4v) is 4.31. The number of piperazine rings is 1. The van der Waals surface area contributed by atoms with Gasteiger partial charge in [-0.25, -0.2) is 4.39 Å². The predicted octanol–water partition coefficient (Wildman–Crippen LogP) is 1.48. The Morgan fingerprint density at radius 3 is 2.64 bits per heavy atom. The lowest BCUT2D eigenvalue weighted by molar-refractivity contribution is -0.194. The number of phenolic OH excluding ortho intramolecular Hbond substituents is 1. The lowest BCUT2D eigenvalue weighted by Crippen LogP contribution is -2.70. The number of aromatic nitrogens is 1. The van der Waals surface area contributed by atoms with E-state index in [4.69, 9.17) is 0 Å². The number of carbonyl (C=O) groups excluding carboxylic acids is 2. The number of anilines is 1. The van der Waals surface area contributed by atoms with Crippen LogP contribution < -0.4 is 5.23 Å². The number of carbonyl (C=O) groups is 2. The van der Waals surface area contributed by atoms with E-state index in [1.54, 1.807) is 12.1 Å². The molecular formula is C22H22FN4O6-. The fourth-order valence-electron chi connectivity index (χ4n) is 4.31. The topological polar surface area (TPSA) is 143 Å². The minimum atomic E-state index is -2.18. The minimum absolute atomic E-state index is 0.0433. The SMILES string of the molecule is CN1C(=O)C(O)(Cc2cccc(O)c2)N(C)C(=O)C1Cc1c[nH]c2ccc(F)c(N([O-])O)c12. The van der Waals surface area contributed by atoms with Crippen LogP contribution in [0.3, 0.4) is 0 Å². The van der Waals surface area contributed by atoms with Crippen molar-refractivity contribution in [2.75, 3.05) is 19.3 Å². The van der Waals surface area contributed by atoms with Gasteiger partial charge in [-0.3, -0.25) is 14.8 Å². The zero-order valence-corrected chi connectivity index (χ0v) is 17.8. The number of phenols is 1. The number of hydrogen-bond donors (Lipinski definition) is 4. The Hall–Kier alpha value is -3.67. The van der Waals surface area contributed by atoms with Crippen molar-refractivity contribution in [1.29, 1.82) is 0 Å². The van der Waals surface area contributed by atoms with Crippen LogP contribution in [0.15, 0.2) is 42.6 Å². The average Bonchev–Trinajstić information content (AvgIpc) is 3.16. The molecule has 0 spiro atoms. The van der Waals surface area contributed by atoms with Crippen LogP contribution >= 0.6 is 0 Å². The number of likely N-dealkylation sites (N-methyl/N-ethyl adjacent to an activating group) is 2. The molecule has 0 aliphatic carbocycles. The zero-order valence-electron chi connectivity index (χ0n) is 17.8. The van der Waals surface area contributed by atoms with Gasteiger partial charge in [0.15, 0.2) is 0 Å². The third-order valence-electron chi connectivity index (χ3n) is 6.12. The number of aromatic hydroxyl groups is 1. The third-order valence-corrected chi connectivity index (χ3v) is 6.12. The summed E-state index contributed by atoms with van der Waals surface area (Å²) >= 11 is 0. The molecule has 4 N–H and O–H groups in total. The van der Waals surface area contributed by atoms with Crippen LogP contribution in [0.1, 0.15) is 11.1 Å². The summed E-state index contributed by atoms with van der Waals surface area (Å²) in [5.74, 6) is -2.30. The molecule has 1 aliphatic rings. The second-order valence-electron chi connectivity index (χ2n) is 8.10. The highest BCUT2D eigenvalue weighted by Gasteiger charge is 2.53. The van der Waals surface area contributed by atoms with Crippen LogP contribution in [0.2, 0.25) is 0 Å². The summed E-state index contributed by atoms with van der Waals surface area (Å²) in [6.45, 7) is 0. The Labute approximate surface area is 187 Å². The summed E-state index contributed by atoms with van der Waals surface area (Å²) in [6, 6.07) is 7.36. The molecule has 2 amide bonds. The molecule has 2 atom stereocenters. The van der Waals surface area contributed by atoms with Gasteiger partial charge in [0, 0.05) is 44.0 Å². The number of amides is 2. The van der Waals surface area contributed by atoms with Crippen LogP contribution in [0.5, 0.6) is 5.75 Å². The van der Waals surface area contributed by atoms with E-state index in [9.17, 15) is 34.6 Å². The summed E-state index contributed by atoms with van der Waals surface area (Å²) in [5.41, 5.74) is -1.63. The molecule has 4 rings (SSSR count). The van der Waals surface area contributed by atoms with Crippen LogP contribution in [0.25, 0.3) is 10.9 Å². The van der Waals surface area contributed by atoms with E-state index in [-0.39, 0.29) is 24.0 Å². The van der Waals surface area contributed by atoms with E-state index < -0.39 is 40.3 Å². The van der Waals surface area contributed by atoms with E-state index in [1.807, 2.05) is 0 Å². The minimum Gasteiger partial charge on any atom is -0.733 e. The number of H-pyrrole nitrogens is 1. The number of rotatable bonds is 5. The second kappa shape index (κ2) is 8.03. The molecule has 174 valence electrons. The maximum absolute atomic E-state index is 14.2. The molecule has 2 aromatic carbocycles. The van der Waals surface area contributed by atoms with Crippen molar-refractivity contribution in [2.45, 2.75) is 24.6 Å². The van der Waals surface area contributed by atoms with Gasteiger partial charge in [-0.1, -0.05) is 12.1 Å². The van der Waals surface area contributed by atoms with Crippen molar-refractivity contribution in [3.63, 3.8) is 0 Å². The summed E-state index contributed by atoms with van der Waals surface area (Å²) in [7, 11) is 2.67. The first-order valence-corrected chi connectivity index (χ1v) is 10.0. The van der Waals surface area contributed by atoms with Crippen molar-refractivity contribution in [3.05, 3.63) is 64.7 Å². The standard InChI is InChI=1S/C22H22FN4O6/c1-25-17(9-13-11-24-16-7-6-15(23)19(18(13)16)27(32)33)20(29)26(2)22(31,21(25)30)10-12-4-3-5-14(28)8-12/h3-8,11,17,24,28,31-32H,9-10H2,1-2H3/q-1. The van der Waals surface area contributed by atoms with E-state index in [0.717, 1.165) is 15.9 Å². The summed E-state index contributed by atoms with van der Waals surface area (Å²) < 4.78 is 14.2. The number of halogens is 1. The molecule has 1 saturated heterocycles. The molecule has 1 aliphatic heterocycles.